The largest absolute Gasteiger partial charge is 0.394 e. The van der Waals surface area contributed by atoms with E-state index < -0.39 is 0 Å². The Morgan fingerprint density at radius 1 is 1.43 bits per heavy atom. The molecule has 1 aromatic rings. The molecule has 1 fully saturated rings. The maximum atomic E-state index is 8.90. The van der Waals surface area contributed by atoms with Crippen LogP contribution in [-0.4, -0.2) is 30.0 Å². The van der Waals surface area contributed by atoms with Crippen molar-refractivity contribution in [2.45, 2.75) is 24.7 Å². The van der Waals surface area contributed by atoms with Crippen LogP contribution in [0, 0.1) is 0 Å². The number of epoxide rings is 1. The lowest BCUT2D eigenvalue weighted by Gasteiger charge is -2.06. The summed E-state index contributed by atoms with van der Waals surface area (Å²) in [5, 5.41) is 12.3. The monoisotopic (exact) mass is 191 g/mol. The van der Waals surface area contributed by atoms with Crippen molar-refractivity contribution in [3.63, 3.8) is 0 Å². The predicted molar refractivity (Wildman–Crippen MR) is 53.3 cm³/mol. The van der Waals surface area contributed by atoms with E-state index in [-0.39, 0.29) is 18.8 Å². The van der Waals surface area contributed by atoms with Crippen LogP contribution in [-0.2, 0) is 11.2 Å². The number of nitrogens with one attached hydrogen (secondary N) is 1. The second-order valence-electron chi connectivity index (χ2n) is 3.93. The van der Waals surface area contributed by atoms with Crippen LogP contribution < -0.4 is 5.32 Å². The van der Waals surface area contributed by atoms with Gasteiger partial charge in [0.05, 0.1) is 12.6 Å². The number of aliphatic hydroxyl groups is 1. The molecule has 3 rings (SSSR count). The van der Waals surface area contributed by atoms with Crippen LogP contribution in [0.4, 0.5) is 5.69 Å². The standard InChI is InChI=1S/C11H13NO2/c13-6-10-11(14-10)9-5-7-3-1-2-4-8(7)12-9/h1-4,9-13H,5-6H2. The first-order chi connectivity index (χ1) is 6.88. The lowest BCUT2D eigenvalue weighted by Crippen LogP contribution is -2.24. The zero-order chi connectivity index (χ0) is 9.54. The first-order valence-electron chi connectivity index (χ1n) is 4.99. The van der Waals surface area contributed by atoms with Gasteiger partial charge in [-0.2, -0.15) is 0 Å². The predicted octanol–water partition coefficient (Wildman–Crippen LogP) is 0.783. The van der Waals surface area contributed by atoms with E-state index in [1.165, 1.54) is 11.3 Å². The topological polar surface area (TPSA) is 44.8 Å². The van der Waals surface area contributed by atoms with Gasteiger partial charge >= 0.3 is 0 Å². The molecule has 0 amide bonds. The summed E-state index contributed by atoms with van der Waals surface area (Å²) in [5.74, 6) is 0. The second kappa shape index (κ2) is 2.97. The van der Waals surface area contributed by atoms with Crippen LogP contribution in [0.25, 0.3) is 0 Å². The Bertz CT molecular complexity index is 328. The van der Waals surface area contributed by atoms with Crippen molar-refractivity contribution in [2.24, 2.45) is 0 Å². The van der Waals surface area contributed by atoms with Gasteiger partial charge in [-0.3, -0.25) is 0 Å². The zero-order valence-corrected chi connectivity index (χ0v) is 7.81. The van der Waals surface area contributed by atoms with Gasteiger partial charge in [-0.15, -0.1) is 0 Å². The van der Waals surface area contributed by atoms with Crippen LogP contribution in [0.2, 0.25) is 0 Å². The molecule has 3 atom stereocenters. The molecule has 2 aliphatic heterocycles. The molecule has 0 bridgehead atoms. The quantitative estimate of drug-likeness (QED) is 0.679. The Morgan fingerprint density at radius 3 is 3.00 bits per heavy atom. The SMILES string of the molecule is OCC1OC1C1Cc2ccccc2N1. The normalized spacial score (nSPS) is 33.6. The van der Waals surface area contributed by atoms with Crippen molar-refractivity contribution in [3.05, 3.63) is 29.8 Å². The lowest BCUT2D eigenvalue weighted by atomic mass is 10.1. The lowest BCUT2D eigenvalue weighted by molar-refractivity contribution is 0.241. The van der Waals surface area contributed by atoms with E-state index in [9.17, 15) is 0 Å². The minimum Gasteiger partial charge on any atom is -0.394 e. The highest BCUT2D eigenvalue weighted by Gasteiger charge is 2.46. The highest BCUT2D eigenvalue weighted by atomic mass is 16.6. The number of rotatable bonds is 2. The highest BCUT2D eigenvalue weighted by molar-refractivity contribution is 5.57. The average molecular weight is 191 g/mol. The van der Waals surface area contributed by atoms with Gasteiger partial charge in [-0.05, 0) is 18.1 Å². The molecule has 2 aliphatic rings. The number of anilines is 1. The van der Waals surface area contributed by atoms with Crippen LogP contribution in [0.15, 0.2) is 24.3 Å². The molecule has 2 heterocycles. The Kier molecular flexibility index (Phi) is 1.75. The van der Waals surface area contributed by atoms with Gasteiger partial charge in [0.25, 0.3) is 0 Å². The van der Waals surface area contributed by atoms with Crippen molar-refractivity contribution in [1.82, 2.24) is 0 Å². The van der Waals surface area contributed by atoms with Crippen molar-refractivity contribution in [3.8, 4) is 0 Å². The van der Waals surface area contributed by atoms with E-state index in [0.717, 1.165) is 6.42 Å². The van der Waals surface area contributed by atoms with Gasteiger partial charge in [-0.1, -0.05) is 18.2 Å². The third kappa shape index (κ3) is 1.21. The molecule has 0 radical (unpaired) electrons. The van der Waals surface area contributed by atoms with Crippen molar-refractivity contribution in [1.29, 1.82) is 0 Å². The van der Waals surface area contributed by atoms with E-state index in [0.29, 0.717) is 6.04 Å². The van der Waals surface area contributed by atoms with Gasteiger partial charge in [0.15, 0.2) is 0 Å². The summed E-state index contributed by atoms with van der Waals surface area (Å²) in [4.78, 5) is 0. The molecule has 1 aromatic carbocycles. The molecule has 0 aromatic heterocycles. The molecule has 3 unspecified atom stereocenters. The van der Waals surface area contributed by atoms with E-state index in [4.69, 9.17) is 9.84 Å². The van der Waals surface area contributed by atoms with Crippen LogP contribution >= 0.6 is 0 Å². The average Bonchev–Trinajstić information content (AvgIpc) is 2.89. The summed E-state index contributed by atoms with van der Waals surface area (Å²) in [5.41, 5.74) is 2.56. The van der Waals surface area contributed by atoms with E-state index in [1.807, 2.05) is 6.07 Å². The Balaban J connectivity index is 1.73. The van der Waals surface area contributed by atoms with Crippen LogP contribution in [0.1, 0.15) is 5.56 Å². The molecule has 0 saturated carbocycles. The van der Waals surface area contributed by atoms with E-state index in [1.54, 1.807) is 0 Å². The Labute approximate surface area is 82.7 Å². The summed E-state index contributed by atoms with van der Waals surface area (Å²) in [7, 11) is 0. The molecule has 1 saturated heterocycles. The fourth-order valence-corrected chi connectivity index (χ4v) is 2.18. The number of fused-ring (bicyclic) bond motifs is 1. The first-order valence-corrected chi connectivity index (χ1v) is 4.99. The summed E-state index contributed by atoms with van der Waals surface area (Å²) in [6, 6.07) is 8.67. The van der Waals surface area contributed by atoms with Crippen LogP contribution in [0.5, 0.6) is 0 Å². The fraction of sp³-hybridized carbons (Fsp3) is 0.455. The minimum atomic E-state index is 0.0572. The maximum absolute atomic E-state index is 8.90. The highest BCUT2D eigenvalue weighted by Crippen LogP contribution is 2.34. The summed E-state index contributed by atoms with van der Waals surface area (Å²) in [6.07, 6.45) is 1.27. The molecular weight excluding hydrogens is 178 g/mol. The number of aliphatic hydroxyl groups excluding tert-OH is 1. The first kappa shape index (κ1) is 8.26. The van der Waals surface area contributed by atoms with Gasteiger partial charge in [0.2, 0.25) is 0 Å². The summed E-state index contributed by atoms with van der Waals surface area (Å²) < 4.78 is 5.37. The molecule has 14 heavy (non-hydrogen) atoms. The number of benzene rings is 1. The van der Waals surface area contributed by atoms with Gasteiger partial charge in [0.1, 0.15) is 12.2 Å². The third-order valence-electron chi connectivity index (χ3n) is 3.00. The van der Waals surface area contributed by atoms with Crippen molar-refractivity contribution >= 4 is 5.69 Å². The molecule has 0 spiro atoms. The van der Waals surface area contributed by atoms with Gasteiger partial charge in [0, 0.05) is 5.69 Å². The summed E-state index contributed by atoms with van der Waals surface area (Å²) >= 11 is 0. The van der Waals surface area contributed by atoms with Gasteiger partial charge in [-0.25, -0.2) is 0 Å². The minimum absolute atomic E-state index is 0.0572. The second-order valence-corrected chi connectivity index (χ2v) is 3.93. The summed E-state index contributed by atoms with van der Waals surface area (Å²) in [6.45, 7) is 0.138. The molecule has 0 aliphatic carbocycles. The van der Waals surface area contributed by atoms with Crippen molar-refractivity contribution < 1.29 is 9.84 Å². The number of hydrogen-bond donors (Lipinski definition) is 2. The smallest absolute Gasteiger partial charge is 0.109 e. The molecule has 3 heteroatoms. The Morgan fingerprint density at radius 2 is 2.29 bits per heavy atom. The number of hydrogen-bond acceptors (Lipinski definition) is 3. The molecule has 2 N–H and O–H groups in total. The number of ether oxygens (including phenoxy) is 1. The van der Waals surface area contributed by atoms with Crippen LogP contribution in [0.3, 0.4) is 0 Å². The van der Waals surface area contributed by atoms with E-state index in [2.05, 4.69) is 23.5 Å². The van der Waals surface area contributed by atoms with Gasteiger partial charge < -0.3 is 15.2 Å². The van der Waals surface area contributed by atoms with E-state index >= 15 is 0 Å². The molecule has 3 nitrogen and oxygen atoms in total. The third-order valence-corrected chi connectivity index (χ3v) is 3.00. The number of para-hydroxylation sites is 1. The fourth-order valence-electron chi connectivity index (χ4n) is 2.18. The Hall–Kier alpha value is -1.06. The molecule has 74 valence electrons. The maximum Gasteiger partial charge on any atom is 0.109 e. The van der Waals surface area contributed by atoms with Crippen molar-refractivity contribution in [2.75, 3.05) is 11.9 Å². The molecular formula is C11H13NO2. The zero-order valence-electron chi connectivity index (χ0n) is 7.81.